The lowest BCUT2D eigenvalue weighted by Crippen LogP contribution is -2.18. The lowest BCUT2D eigenvalue weighted by atomic mass is 9.89. The number of pyridine rings is 1. The highest BCUT2D eigenvalue weighted by Crippen LogP contribution is 2.37. The topological polar surface area (TPSA) is 82.0 Å². The second kappa shape index (κ2) is 8.49. The molecule has 0 aliphatic rings. The molecule has 2 aromatic heterocycles. The van der Waals surface area contributed by atoms with Gasteiger partial charge in [-0.25, -0.2) is 9.97 Å². The molecule has 0 aliphatic heterocycles. The highest BCUT2D eigenvalue weighted by molar-refractivity contribution is 7.87. The minimum atomic E-state index is -4.26. The molecule has 0 amide bonds. The Labute approximate surface area is 183 Å². The number of hydrogen-bond acceptors (Lipinski definition) is 6. The van der Waals surface area contributed by atoms with Crippen molar-refractivity contribution in [2.45, 2.75) is 71.1 Å². The van der Waals surface area contributed by atoms with E-state index in [9.17, 15) is 12.8 Å². The zero-order valence-corrected chi connectivity index (χ0v) is 19.7. The molecule has 3 aromatic rings. The normalized spacial score (nSPS) is 12.4. The third kappa shape index (κ3) is 4.69. The molecular formula is C23H28FN3O3S. The van der Waals surface area contributed by atoms with Crippen LogP contribution in [0.15, 0.2) is 29.3 Å². The monoisotopic (exact) mass is 445 g/mol. The van der Waals surface area contributed by atoms with Crippen LogP contribution in [0.1, 0.15) is 81.8 Å². The fourth-order valence-electron chi connectivity index (χ4n) is 3.48. The first-order chi connectivity index (χ1) is 14.4. The number of fused-ring (bicyclic) bond motifs is 1. The molecule has 166 valence electrons. The first kappa shape index (κ1) is 23.1. The first-order valence-electron chi connectivity index (χ1n) is 10.3. The van der Waals surface area contributed by atoms with Crippen molar-refractivity contribution < 1.29 is 17.0 Å². The number of rotatable bonds is 6. The van der Waals surface area contributed by atoms with E-state index in [4.69, 9.17) is 4.18 Å². The van der Waals surface area contributed by atoms with Crippen molar-refractivity contribution in [1.29, 1.82) is 0 Å². The van der Waals surface area contributed by atoms with E-state index in [1.807, 2.05) is 39.8 Å². The number of aryl methyl sites for hydroxylation is 1. The maximum atomic E-state index is 13.8. The molecule has 0 aliphatic carbocycles. The van der Waals surface area contributed by atoms with Crippen LogP contribution in [0.5, 0.6) is 5.88 Å². The maximum absolute atomic E-state index is 13.8. The summed E-state index contributed by atoms with van der Waals surface area (Å²) in [6.07, 6.45) is 1.23. The number of benzene rings is 1. The fourth-order valence-corrected chi connectivity index (χ4v) is 5.06. The second-order valence-corrected chi connectivity index (χ2v) is 10.1. The van der Waals surface area contributed by atoms with Crippen LogP contribution in [0.25, 0.3) is 10.9 Å². The van der Waals surface area contributed by atoms with Gasteiger partial charge in [-0.1, -0.05) is 53.7 Å². The van der Waals surface area contributed by atoms with Gasteiger partial charge in [-0.2, -0.15) is 17.8 Å². The summed E-state index contributed by atoms with van der Waals surface area (Å²) in [6.45, 7) is 13.6. The van der Waals surface area contributed by atoms with Crippen LogP contribution in [0.2, 0.25) is 0 Å². The molecule has 0 saturated heterocycles. The van der Waals surface area contributed by atoms with Crippen LogP contribution in [0, 0.1) is 12.9 Å². The number of nitrogens with zero attached hydrogens (tertiary/aromatic N) is 3. The van der Waals surface area contributed by atoms with E-state index in [1.54, 1.807) is 6.92 Å². The van der Waals surface area contributed by atoms with Crippen LogP contribution >= 0.6 is 0 Å². The van der Waals surface area contributed by atoms with Crippen molar-refractivity contribution in [1.82, 2.24) is 15.0 Å². The van der Waals surface area contributed by atoms with Gasteiger partial charge in [0.25, 0.3) is 0 Å². The van der Waals surface area contributed by atoms with Crippen LogP contribution in [-0.4, -0.2) is 23.4 Å². The molecule has 8 heteroatoms. The van der Waals surface area contributed by atoms with Crippen LogP contribution < -0.4 is 4.18 Å². The van der Waals surface area contributed by atoms with Gasteiger partial charge in [0.05, 0.1) is 17.1 Å². The Morgan fingerprint density at radius 2 is 1.48 bits per heavy atom. The molecule has 0 radical (unpaired) electrons. The maximum Gasteiger partial charge on any atom is 0.341 e. The predicted molar refractivity (Wildman–Crippen MR) is 119 cm³/mol. The molecule has 0 fully saturated rings. The largest absolute Gasteiger partial charge is 0.357 e. The minimum Gasteiger partial charge on any atom is -0.357 e. The van der Waals surface area contributed by atoms with Crippen LogP contribution in [0.4, 0.5) is 4.39 Å². The lowest BCUT2D eigenvalue weighted by molar-refractivity contribution is 0.474. The van der Waals surface area contributed by atoms with E-state index in [0.717, 1.165) is 11.6 Å². The second-order valence-electron chi connectivity index (χ2n) is 8.63. The number of halogens is 1. The molecule has 3 rings (SSSR count). The zero-order valence-electron chi connectivity index (χ0n) is 18.9. The highest BCUT2D eigenvalue weighted by atomic mass is 32.2. The Morgan fingerprint density at radius 3 is 2.00 bits per heavy atom. The summed E-state index contributed by atoms with van der Waals surface area (Å²) >= 11 is 0. The molecule has 0 saturated carbocycles. The van der Waals surface area contributed by atoms with E-state index in [2.05, 4.69) is 28.8 Å². The number of aromatic nitrogens is 3. The molecule has 1 aromatic carbocycles. The Kier molecular flexibility index (Phi) is 6.32. The zero-order chi connectivity index (χ0) is 23.1. The van der Waals surface area contributed by atoms with Crippen molar-refractivity contribution >= 4 is 21.0 Å². The third-order valence-electron chi connectivity index (χ3n) is 5.14. The van der Waals surface area contributed by atoms with Gasteiger partial charge < -0.3 is 4.18 Å². The summed E-state index contributed by atoms with van der Waals surface area (Å²) in [6, 6.07) is 4.95. The Morgan fingerprint density at radius 1 is 0.903 bits per heavy atom. The summed E-state index contributed by atoms with van der Waals surface area (Å²) in [5, 5.41) is 0.151. The lowest BCUT2D eigenvalue weighted by Gasteiger charge is -2.22. The molecule has 0 N–H and O–H groups in total. The average molecular weight is 446 g/mol. The van der Waals surface area contributed by atoms with E-state index >= 15 is 0 Å². The van der Waals surface area contributed by atoms with E-state index in [-0.39, 0.29) is 33.9 Å². The fraction of sp³-hybridized carbons (Fsp3) is 0.435. The quantitative estimate of drug-likeness (QED) is 0.362. The van der Waals surface area contributed by atoms with Gasteiger partial charge in [0.1, 0.15) is 10.7 Å². The van der Waals surface area contributed by atoms with Crippen molar-refractivity contribution in [2.75, 3.05) is 0 Å². The minimum absolute atomic E-state index is 0.0462. The SMILES string of the molecule is Cc1nc(OS(=O)(=O)c2c(C(C)C)cc(C(C)C)cc2C(C)C)c2cc(F)ncc2n1. The molecule has 2 heterocycles. The van der Waals surface area contributed by atoms with E-state index in [0.29, 0.717) is 22.5 Å². The van der Waals surface area contributed by atoms with Gasteiger partial charge >= 0.3 is 10.1 Å². The average Bonchev–Trinajstić information content (AvgIpc) is 2.66. The summed E-state index contributed by atoms with van der Waals surface area (Å²) in [5.41, 5.74) is 2.76. The first-order valence-corrected chi connectivity index (χ1v) is 11.7. The van der Waals surface area contributed by atoms with Crippen molar-refractivity contribution in [3.63, 3.8) is 0 Å². The smallest absolute Gasteiger partial charge is 0.341 e. The Bertz CT molecular complexity index is 1210. The van der Waals surface area contributed by atoms with E-state index < -0.39 is 16.1 Å². The van der Waals surface area contributed by atoms with Crippen molar-refractivity contribution in [2.24, 2.45) is 0 Å². The molecule has 0 bridgehead atoms. The Hall–Kier alpha value is -2.61. The molecule has 0 unspecified atom stereocenters. The van der Waals surface area contributed by atoms with Crippen molar-refractivity contribution in [3.8, 4) is 5.88 Å². The summed E-state index contributed by atoms with van der Waals surface area (Å²) < 4.78 is 46.5. The predicted octanol–water partition coefficient (Wildman–Crippen LogP) is 5.61. The summed E-state index contributed by atoms with van der Waals surface area (Å²) in [7, 11) is -4.26. The Balaban J connectivity index is 2.26. The molecular weight excluding hydrogens is 417 g/mol. The van der Waals surface area contributed by atoms with Crippen LogP contribution in [-0.2, 0) is 10.1 Å². The van der Waals surface area contributed by atoms with Crippen molar-refractivity contribution in [3.05, 3.63) is 52.9 Å². The van der Waals surface area contributed by atoms with Gasteiger partial charge in [0.15, 0.2) is 0 Å². The standard InChI is InChI=1S/C23H28FN3O3S/c1-12(2)16-8-17(13(3)4)22(18(9-16)14(5)6)31(28,29)30-23-19-10-21(24)25-11-20(19)26-15(7)27-23/h8-14H,1-7H3. The third-order valence-corrected chi connectivity index (χ3v) is 6.49. The van der Waals surface area contributed by atoms with Gasteiger partial charge in [-0.05, 0) is 41.4 Å². The summed E-state index contributed by atoms with van der Waals surface area (Å²) in [4.78, 5) is 12.1. The number of hydrogen-bond donors (Lipinski definition) is 0. The van der Waals surface area contributed by atoms with Gasteiger partial charge in [0, 0.05) is 6.07 Å². The highest BCUT2D eigenvalue weighted by Gasteiger charge is 2.30. The summed E-state index contributed by atoms with van der Waals surface area (Å²) in [5.74, 6) is -0.522. The van der Waals surface area contributed by atoms with E-state index in [1.165, 1.54) is 6.20 Å². The van der Waals surface area contributed by atoms with Gasteiger partial charge in [0.2, 0.25) is 11.8 Å². The molecule has 6 nitrogen and oxygen atoms in total. The molecule has 31 heavy (non-hydrogen) atoms. The molecule has 0 atom stereocenters. The molecule has 0 spiro atoms. The van der Waals surface area contributed by atoms with Crippen LogP contribution in [0.3, 0.4) is 0 Å². The van der Waals surface area contributed by atoms with Gasteiger partial charge in [-0.3, -0.25) is 0 Å². The van der Waals surface area contributed by atoms with Gasteiger partial charge in [-0.15, -0.1) is 0 Å².